The van der Waals surface area contributed by atoms with Crippen molar-refractivity contribution in [3.63, 3.8) is 0 Å². The number of hydrogen-bond donors (Lipinski definition) is 1. The summed E-state index contributed by atoms with van der Waals surface area (Å²) in [4.78, 5) is 3.33. The molecular formula is C14H15N. The van der Waals surface area contributed by atoms with Gasteiger partial charge in [0.25, 0.3) is 0 Å². The van der Waals surface area contributed by atoms with Gasteiger partial charge in [-0.25, -0.2) is 0 Å². The van der Waals surface area contributed by atoms with Crippen LogP contribution < -0.4 is 0 Å². The summed E-state index contributed by atoms with van der Waals surface area (Å²) in [6.45, 7) is 6.12. The monoisotopic (exact) mass is 197 g/mol. The van der Waals surface area contributed by atoms with Crippen LogP contribution in [0.1, 0.15) is 36.8 Å². The summed E-state index contributed by atoms with van der Waals surface area (Å²) in [6.07, 6.45) is 4.78. The van der Waals surface area contributed by atoms with Crippen molar-refractivity contribution >= 4 is 16.5 Å². The van der Waals surface area contributed by atoms with Crippen molar-refractivity contribution in [1.82, 2.24) is 4.98 Å². The Morgan fingerprint density at radius 2 is 2.20 bits per heavy atom. The average Bonchev–Trinajstić information content (AvgIpc) is 2.96. The molecule has 2 aromatic rings. The van der Waals surface area contributed by atoms with E-state index in [0.717, 1.165) is 11.5 Å². The molecule has 15 heavy (non-hydrogen) atoms. The van der Waals surface area contributed by atoms with Gasteiger partial charge in [-0.05, 0) is 42.9 Å². The Labute approximate surface area is 89.8 Å². The molecular weight excluding hydrogens is 182 g/mol. The average molecular weight is 197 g/mol. The maximum atomic E-state index is 4.05. The maximum Gasteiger partial charge on any atom is 0.0463 e. The number of nitrogens with one attached hydrogen (secondary N) is 1. The first-order valence-corrected chi connectivity index (χ1v) is 5.53. The number of benzene rings is 1. The summed E-state index contributed by atoms with van der Waals surface area (Å²) in [6, 6.07) is 6.56. The first kappa shape index (κ1) is 8.78. The molecule has 0 bridgehead atoms. The molecule has 0 saturated heterocycles. The molecule has 0 amide bonds. The van der Waals surface area contributed by atoms with Crippen molar-refractivity contribution in [1.29, 1.82) is 0 Å². The van der Waals surface area contributed by atoms with E-state index in [9.17, 15) is 0 Å². The molecule has 1 saturated carbocycles. The largest absolute Gasteiger partial charge is 0.361 e. The molecule has 1 aliphatic rings. The zero-order valence-corrected chi connectivity index (χ0v) is 9.01. The summed E-state index contributed by atoms with van der Waals surface area (Å²) >= 11 is 0. The normalized spacial score (nSPS) is 15.8. The minimum Gasteiger partial charge on any atom is -0.361 e. The van der Waals surface area contributed by atoms with Gasteiger partial charge >= 0.3 is 0 Å². The van der Waals surface area contributed by atoms with Crippen LogP contribution in [0.2, 0.25) is 0 Å². The van der Waals surface area contributed by atoms with Crippen LogP contribution in [0.15, 0.2) is 31.0 Å². The topological polar surface area (TPSA) is 15.8 Å². The molecule has 1 heterocycles. The van der Waals surface area contributed by atoms with E-state index in [0.29, 0.717) is 0 Å². The smallest absolute Gasteiger partial charge is 0.0463 e. The number of hydrogen-bond acceptors (Lipinski definition) is 0. The maximum absolute atomic E-state index is 4.05. The Morgan fingerprint density at radius 1 is 1.40 bits per heavy atom. The fourth-order valence-electron chi connectivity index (χ4n) is 2.28. The van der Waals surface area contributed by atoms with Crippen molar-refractivity contribution in [2.24, 2.45) is 0 Å². The van der Waals surface area contributed by atoms with Crippen LogP contribution in [0.5, 0.6) is 0 Å². The highest BCUT2D eigenvalue weighted by atomic mass is 14.7. The summed E-state index contributed by atoms with van der Waals surface area (Å²) < 4.78 is 0. The molecule has 1 aromatic carbocycles. The van der Waals surface area contributed by atoms with Crippen LogP contribution in [0.3, 0.4) is 0 Å². The zero-order valence-electron chi connectivity index (χ0n) is 9.01. The quantitative estimate of drug-likeness (QED) is 0.746. The first-order chi connectivity index (χ1) is 7.27. The van der Waals surface area contributed by atoms with Gasteiger partial charge in [0, 0.05) is 22.7 Å². The molecule has 1 fully saturated rings. The Morgan fingerprint density at radius 3 is 2.87 bits per heavy atom. The Bertz CT molecular complexity index is 529. The molecule has 1 aliphatic carbocycles. The van der Waals surface area contributed by atoms with Gasteiger partial charge in [0.1, 0.15) is 0 Å². The second kappa shape index (κ2) is 2.99. The van der Waals surface area contributed by atoms with Crippen molar-refractivity contribution in [3.05, 3.63) is 42.1 Å². The van der Waals surface area contributed by atoms with Gasteiger partial charge in [-0.3, -0.25) is 0 Å². The van der Waals surface area contributed by atoms with Gasteiger partial charge in [-0.15, -0.1) is 0 Å². The van der Waals surface area contributed by atoms with Gasteiger partial charge in [0.2, 0.25) is 0 Å². The second-order valence-electron chi connectivity index (χ2n) is 4.53. The van der Waals surface area contributed by atoms with Crippen LogP contribution in [-0.2, 0) is 0 Å². The van der Waals surface area contributed by atoms with E-state index in [2.05, 4.69) is 42.9 Å². The summed E-state index contributed by atoms with van der Waals surface area (Å²) in [7, 11) is 0. The van der Waals surface area contributed by atoms with Crippen molar-refractivity contribution in [3.8, 4) is 0 Å². The molecule has 76 valence electrons. The SMILES string of the molecule is C=C(C)c1c[nH]c2cccc(C3CC3)c12. The fourth-order valence-corrected chi connectivity index (χ4v) is 2.28. The van der Waals surface area contributed by atoms with Crippen LogP contribution in [0, 0.1) is 0 Å². The molecule has 1 heteroatoms. The Balaban J connectivity index is 2.33. The first-order valence-electron chi connectivity index (χ1n) is 5.53. The van der Waals surface area contributed by atoms with E-state index in [-0.39, 0.29) is 0 Å². The van der Waals surface area contributed by atoms with Gasteiger partial charge in [-0.2, -0.15) is 0 Å². The standard InChI is InChI=1S/C14H15N/c1-9(2)12-8-15-13-5-3-4-11(14(12)13)10-6-7-10/h3-5,8,10,15H,1,6-7H2,2H3. The molecule has 0 unspecified atom stereocenters. The molecule has 0 radical (unpaired) electrons. The van der Waals surface area contributed by atoms with E-state index in [4.69, 9.17) is 0 Å². The lowest BCUT2D eigenvalue weighted by Crippen LogP contribution is -1.83. The summed E-state index contributed by atoms with van der Waals surface area (Å²) in [5, 5.41) is 1.40. The van der Waals surface area contributed by atoms with Crippen LogP contribution in [-0.4, -0.2) is 4.98 Å². The summed E-state index contributed by atoms with van der Waals surface area (Å²) in [5.74, 6) is 0.794. The highest BCUT2D eigenvalue weighted by Crippen LogP contribution is 2.44. The van der Waals surface area contributed by atoms with Crippen molar-refractivity contribution in [2.45, 2.75) is 25.7 Å². The van der Waals surface area contributed by atoms with Crippen LogP contribution in [0.4, 0.5) is 0 Å². The number of fused-ring (bicyclic) bond motifs is 1. The number of aromatic amines is 1. The van der Waals surface area contributed by atoms with E-state index in [1.165, 1.54) is 34.9 Å². The molecule has 0 aliphatic heterocycles. The molecule has 3 rings (SSSR count). The highest BCUT2D eigenvalue weighted by Gasteiger charge is 2.26. The third-order valence-electron chi connectivity index (χ3n) is 3.21. The lowest BCUT2D eigenvalue weighted by molar-refractivity contribution is 1.15. The van der Waals surface area contributed by atoms with Gasteiger partial charge < -0.3 is 4.98 Å². The summed E-state index contributed by atoms with van der Waals surface area (Å²) in [5.41, 5.74) is 5.19. The van der Waals surface area contributed by atoms with Crippen LogP contribution in [0.25, 0.3) is 16.5 Å². The minimum absolute atomic E-state index is 0.794. The molecule has 0 atom stereocenters. The highest BCUT2D eigenvalue weighted by molar-refractivity contribution is 5.94. The van der Waals surface area contributed by atoms with Crippen molar-refractivity contribution < 1.29 is 0 Å². The molecule has 1 aromatic heterocycles. The minimum atomic E-state index is 0.794. The molecule has 0 spiro atoms. The predicted molar refractivity (Wildman–Crippen MR) is 65.0 cm³/mol. The van der Waals surface area contributed by atoms with Gasteiger partial charge in [-0.1, -0.05) is 18.7 Å². The number of rotatable bonds is 2. The van der Waals surface area contributed by atoms with E-state index in [1.807, 2.05) is 0 Å². The van der Waals surface area contributed by atoms with Crippen LogP contribution >= 0.6 is 0 Å². The number of H-pyrrole nitrogens is 1. The third-order valence-corrected chi connectivity index (χ3v) is 3.21. The molecule has 1 nitrogen and oxygen atoms in total. The number of allylic oxidation sites excluding steroid dienone is 1. The lowest BCUT2D eigenvalue weighted by Gasteiger charge is -2.04. The van der Waals surface area contributed by atoms with Crippen molar-refractivity contribution in [2.75, 3.05) is 0 Å². The van der Waals surface area contributed by atoms with Gasteiger partial charge in [0.05, 0.1) is 0 Å². The van der Waals surface area contributed by atoms with E-state index < -0.39 is 0 Å². The number of aromatic nitrogens is 1. The fraction of sp³-hybridized carbons (Fsp3) is 0.286. The van der Waals surface area contributed by atoms with E-state index >= 15 is 0 Å². The zero-order chi connectivity index (χ0) is 10.4. The lowest BCUT2D eigenvalue weighted by atomic mass is 10.00. The molecule has 1 N–H and O–H groups in total. The van der Waals surface area contributed by atoms with E-state index in [1.54, 1.807) is 0 Å². The van der Waals surface area contributed by atoms with Gasteiger partial charge in [0.15, 0.2) is 0 Å². The predicted octanol–water partition coefficient (Wildman–Crippen LogP) is 4.08. The second-order valence-corrected chi connectivity index (χ2v) is 4.53. The Kier molecular flexibility index (Phi) is 1.75. The Hall–Kier alpha value is -1.50. The third kappa shape index (κ3) is 1.30.